The van der Waals surface area contributed by atoms with Gasteiger partial charge >= 0.3 is 0 Å². The van der Waals surface area contributed by atoms with Gasteiger partial charge in [0, 0.05) is 13.0 Å². The van der Waals surface area contributed by atoms with Crippen molar-refractivity contribution in [3.63, 3.8) is 0 Å². The Morgan fingerprint density at radius 3 is 2.32 bits per heavy atom. The van der Waals surface area contributed by atoms with Crippen LogP contribution >= 0.6 is 0 Å². The third kappa shape index (κ3) is 7.56. The van der Waals surface area contributed by atoms with Gasteiger partial charge in [-0.05, 0) is 57.2 Å². The van der Waals surface area contributed by atoms with Crippen molar-refractivity contribution in [2.24, 2.45) is 0 Å². The molecule has 0 saturated heterocycles. The van der Waals surface area contributed by atoms with Crippen molar-refractivity contribution >= 4 is 30.8 Å². The maximum Gasteiger partial charge on any atom is 0.291 e. The van der Waals surface area contributed by atoms with Gasteiger partial charge in [-0.1, -0.05) is 43.0 Å². The van der Waals surface area contributed by atoms with Gasteiger partial charge in [-0.3, -0.25) is 4.79 Å². The second-order valence-corrected chi connectivity index (χ2v) is 15.4. The molecule has 37 heavy (non-hydrogen) atoms. The minimum Gasteiger partial charge on any atom is -0.479 e. The van der Waals surface area contributed by atoms with Crippen molar-refractivity contribution in [1.82, 2.24) is 14.9 Å². The Morgan fingerprint density at radius 2 is 1.73 bits per heavy atom. The zero-order valence-corrected chi connectivity index (χ0v) is 24.2. The topological polar surface area (TPSA) is 102 Å². The zero-order chi connectivity index (χ0) is 27.2. The Labute approximate surface area is 220 Å². The number of nitrogens with one attached hydrogen (secondary N) is 2. The summed E-state index contributed by atoms with van der Waals surface area (Å²) in [5.41, 5.74) is 2.64. The summed E-state index contributed by atoms with van der Waals surface area (Å²) in [7, 11) is 5.57. The fraction of sp³-hybridized carbons (Fsp3) is 0.444. The predicted molar refractivity (Wildman–Crippen MR) is 150 cm³/mol. The van der Waals surface area contributed by atoms with Crippen LogP contribution in [0.4, 0.5) is 11.6 Å². The number of hydrogen-bond donors (Lipinski definition) is 2. The quantitative estimate of drug-likeness (QED) is 0.269. The SMILES string of the molecule is COc1nc(NCCCN(C)C)nc(OC)c1NC(=O)c1ccc(Cc2cc([Si](C)(C)C)ccc2C)o1. The molecule has 200 valence electrons. The largest absolute Gasteiger partial charge is 0.479 e. The van der Waals surface area contributed by atoms with E-state index in [-0.39, 0.29) is 23.2 Å². The summed E-state index contributed by atoms with van der Waals surface area (Å²) in [6.45, 7) is 10.7. The number of methoxy groups -OCH3 is 2. The fourth-order valence-corrected chi connectivity index (χ4v) is 4.97. The number of benzene rings is 1. The minimum absolute atomic E-state index is 0.184. The molecule has 3 rings (SSSR count). The van der Waals surface area contributed by atoms with E-state index in [9.17, 15) is 4.79 Å². The lowest BCUT2D eigenvalue weighted by atomic mass is 10.0. The second-order valence-electron chi connectivity index (χ2n) is 10.3. The summed E-state index contributed by atoms with van der Waals surface area (Å²) in [6, 6.07) is 10.2. The molecule has 0 aliphatic rings. The van der Waals surface area contributed by atoms with E-state index in [1.165, 1.54) is 30.5 Å². The number of aromatic nitrogens is 2. The van der Waals surface area contributed by atoms with Crippen LogP contribution in [0.5, 0.6) is 11.8 Å². The molecule has 0 radical (unpaired) electrons. The van der Waals surface area contributed by atoms with E-state index in [2.05, 4.69) is 70.3 Å². The Balaban J connectivity index is 1.74. The first-order valence-electron chi connectivity index (χ1n) is 12.4. The van der Waals surface area contributed by atoms with Gasteiger partial charge in [-0.2, -0.15) is 9.97 Å². The molecule has 2 aromatic heterocycles. The first-order valence-corrected chi connectivity index (χ1v) is 15.9. The standard InChI is InChI=1S/C27H39N5O4Si/c1-18-10-12-21(37(6,7)8)17-19(18)16-20-11-13-22(36-20)24(33)29-23-25(34-4)30-27(31-26(23)35-5)28-14-9-15-32(2)3/h10-13,17H,9,14-16H2,1-8H3,(H,29,33)(H,28,30,31). The lowest BCUT2D eigenvalue weighted by Crippen LogP contribution is -2.37. The molecule has 9 nitrogen and oxygen atoms in total. The maximum absolute atomic E-state index is 13.0. The van der Waals surface area contributed by atoms with Gasteiger partial charge in [0.05, 0.1) is 22.3 Å². The molecule has 0 saturated carbocycles. The average Bonchev–Trinajstić information content (AvgIpc) is 3.31. The van der Waals surface area contributed by atoms with E-state index in [1.54, 1.807) is 6.07 Å². The van der Waals surface area contributed by atoms with Crippen molar-refractivity contribution in [1.29, 1.82) is 0 Å². The zero-order valence-electron chi connectivity index (χ0n) is 23.2. The number of amides is 1. The van der Waals surface area contributed by atoms with E-state index in [0.29, 0.717) is 24.7 Å². The summed E-state index contributed by atoms with van der Waals surface area (Å²) in [6.07, 6.45) is 1.53. The fourth-order valence-electron chi connectivity index (χ4n) is 3.78. The van der Waals surface area contributed by atoms with Crippen molar-refractivity contribution < 1.29 is 18.7 Å². The highest BCUT2D eigenvalue weighted by Gasteiger charge is 2.22. The van der Waals surface area contributed by atoms with Crippen molar-refractivity contribution in [2.45, 2.75) is 39.4 Å². The molecule has 0 spiro atoms. The molecule has 3 aromatic rings. The van der Waals surface area contributed by atoms with Crippen molar-refractivity contribution in [3.05, 3.63) is 53.0 Å². The van der Waals surface area contributed by atoms with Crippen LogP contribution in [0.3, 0.4) is 0 Å². The number of hydrogen-bond acceptors (Lipinski definition) is 8. The Kier molecular flexibility index (Phi) is 9.33. The first kappa shape index (κ1) is 28.2. The second kappa shape index (κ2) is 12.2. The van der Waals surface area contributed by atoms with Crippen LogP contribution in [0.25, 0.3) is 0 Å². The molecule has 1 amide bonds. The molecule has 1 aromatic carbocycles. The molecule has 2 heterocycles. The number of aryl methyl sites for hydroxylation is 1. The lowest BCUT2D eigenvalue weighted by Gasteiger charge is -2.18. The Morgan fingerprint density at radius 1 is 1.05 bits per heavy atom. The number of carbonyl (C=O) groups excluding carboxylic acids is 1. The summed E-state index contributed by atoms with van der Waals surface area (Å²) < 4.78 is 16.8. The predicted octanol–water partition coefficient (Wildman–Crippen LogP) is 4.15. The molecule has 0 atom stereocenters. The van der Waals surface area contributed by atoms with Crippen molar-refractivity contribution in [2.75, 3.05) is 52.0 Å². The summed E-state index contributed by atoms with van der Waals surface area (Å²) >= 11 is 0. The normalized spacial score (nSPS) is 11.5. The monoisotopic (exact) mass is 525 g/mol. The summed E-state index contributed by atoms with van der Waals surface area (Å²) in [5.74, 6) is 1.21. The van der Waals surface area contributed by atoms with Gasteiger partial charge in [0.15, 0.2) is 11.4 Å². The number of ether oxygens (including phenoxy) is 2. The maximum atomic E-state index is 13.0. The van der Waals surface area contributed by atoms with Gasteiger partial charge < -0.3 is 29.4 Å². The van der Waals surface area contributed by atoms with Crippen LogP contribution < -0.4 is 25.3 Å². The minimum atomic E-state index is -1.43. The number of anilines is 2. The molecule has 2 N–H and O–H groups in total. The number of furan rings is 1. The molecular formula is C27H39N5O4Si. The highest BCUT2D eigenvalue weighted by molar-refractivity contribution is 6.88. The van der Waals surface area contributed by atoms with Gasteiger partial charge in [-0.25, -0.2) is 0 Å². The third-order valence-electron chi connectivity index (χ3n) is 6.00. The molecule has 10 heteroatoms. The Bertz CT molecular complexity index is 1190. The van der Waals surface area contributed by atoms with Crippen LogP contribution in [-0.2, 0) is 6.42 Å². The van der Waals surface area contributed by atoms with E-state index >= 15 is 0 Å². The van der Waals surface area contributed by atoms with Gasteiger partial charge in [-0.15, -0.1) is 0 Å². The molecule has 0 bridgehead atoms. The molecule has 0 aliphatic heterocycles. The molecule has 0 unspecified atom stereocenters. The Hall–Kier alpha value is -3.37. The summed E-state index contributed by atoms with van der Waals surface area (Å²) in [5, 5.41) is 7.35. The van der Waals surface area contributed by atoms with Gasteiger partial charge in [0.1, 0.15) is 5.76 Å². The van der Waals surface area contributed by atoms with E-state index in [0.717, 1.165) is 13.0 Å². The van der Waals surface area contributed by atoms with E-state index in [4.69, 9.17) is 13.9 Å². The van der Waals surface area contributed by atoms with Gasteiger partial charge in [0.2, 0.25) is 17.7 Å². The average molecular weight is 526 g/mol. The van der Waals surface area contributed by atoms with Crippen LogP contribution in [0.1, 0.15) is 33.9 Å². The molecule has 0 fully saturated rings. The van der Waals surface area contributed by atoms with Crippen LogP contribution in [0.2, 0.25) is 19.6 Å². The first-order chi connectivity index (χ1) is 17.5. The highest BCUT2D eigenvalue weighted by atomic mass is 28.3. The van der Waals surface area contributed by atoms with E-state index < -0.39 is 14.0 Å². The molecule has 0 aliphatic carbocycles. The summed E-state index contributed by atoms with van der Waals surface area (Å²) in [4.78, 5) is 23.9. The third-order valence-corrected chi connectivity index (χ3v) is 8.04. The van der Waals surface area contributed by atoms with Crippen LogP contribution in [-0.4, -0.2) is 70.3 Å². The number of rotatable bonds is 12. The number of carbonyl (C=O) groups is 1. The van der Waals surface area contributed by atoms with Crippen LogP contribution in [0.15, 0.2) is 34.7 Å². The highest BCUT2D eigenvalue weighted by Crippen LogP contribution is 2.33. The van der Waals surface area contributed by atoms with Gasteiger partial charge in [0.25, 0.3) is 5.91 Å². The molecular weight excluding hydrogens is 486 g/mol. The number of nitrogens with zero attached hydrogens (tertiary/aromatic N) is 3. The smallest absolute Gasteiger partial charge is 0.291 e. The van der Waals surface area contributed by atoms with Crippen LogP contribution in [0, 0.1) is 6.92 Å². The lowest BCUT2D eigenvalue weighted by molar-refractivity contribution is 0.0994. The van der Waals surface area contributed by atoms with E-state index in [1.807, 2.05) is 20.2 Å². The van der Waals surface area contributed by atoms with Crippen molar-refractivity contribution in [3.8, 4) is 11.8 Å².